The van der Waals surface area contributed by atoms with Crippen LogP contribution in [0.5, 0.6) is 11.5 Å². The van der Waals surface area contributed by atoms with Crippen molar-refractivity contribution in [2.24, 2.45) is 11.3 Å². The summed E-state index contributed by atoms with van der Waals surface area (Å²) < 4.78 is 11.6. The van der Waals surface area contributed by atoms with E-state index in [1.165, 1.54) is 0 Å². The van der Waals surface area contributed by atoms with Crippen molar-refractivity contribution in [3.63, 3.8) is 0 Å². The lowest BCUT2D eigenvalue weighted by molar-refractivity contribution is -0.185. The van der Waals surface area contributed by atoms with Crippen LogP contribution in [0.15, 0.2) is 6.07 Å². The quantitative estimate of drug-likeness (QED) is 0.733. The lowest BCUT2D eigenvalue weighted by atomic mass is 9.47. The number of phenolic OH excluding ortho intramolecular Hbond substituents is 1. The number of hydrogen-bond acceptors (Lipinski definition) is 4. The first-order valence-electron chi connectivity index (χ1n) is 9.10. The third kappa shape index (κ3) is 1.49. The molecule has 0 amide bonds. The Balaban J connectivity index is 1.81. The SMILES string of the molecule is CC1COc2c1cc1c(c2O)C23CCCC(C)(C)C2CC1OC3=O. The van der Waals surface area contributed by atoms with Gasteiger partial charge in [0.05, 0.1) is 6.61 Å². The van der Waals surface area contributed by atoms with Gasteiger partial charge in [-0.2, -0.15) is 0 Å². The van der Waals surface area contributed by atoms with Crippen LogP contribution in [0.2, 0.25) is 0 Å². The van der Waals surface area contributed by atoms with Crippen molar-refractivity contribution in [3.05, 3.63) is 22.8 Å². The number of rotatable bonds is 0. The van der Waals surface area contributed by atoms with Gasteiger partial charge in [-0.3, -0.25) is 4.79 Å². The highest BCUT2D eigenvalue weighted by molar-refractivity contribution is 5.90. The molecule has 1 aromatic rings. The minimum atomic E-state index is -0.694. The second-order valence-corrected chi connectivity index (χ2v) is 8.82. The zero-order valence-corrected chi connectivity index (χ0v) is 14.5. The first-order chi connectivity index (χ1) is 11.4. The molecular weight excluding hydrogens is 304 g/mol. The molecule has 1 aromatic carbocycles. The van der Waals surface area contributed by atoms with Crippen molar-refractivity contribution in [1.29, 1.82) is 0 Å². The molecule has 1 saturated carbocycles. The van der Waals surface area contributed by atoms with E-state index in [0.717, 1.165) is 42.4 Å². The van der Waals surface area contributed by atoms with Crippen LogP contribution in [-0.4, -0.2) is 17.7 Å². The molecule has 1 saturated heterocycles. The highest BCUT2D eigenvalue weighted by Gasteiger charge is 2.65. The van der Waals surface area contributed by atoms with E-state index in [2.05, 4.69) is 26.8 Å². The first kappa shape index (κ1) is 14.6. The van der Waals surface area contributed by atoms with Crippen LogP contribution in [0, 0.1) is 11.3 Å². The fourth-order valence-corrected chi connectivity index (χ4v) is 5.92. The molecule has 24 heavy (non-hydrogen) atoms. The Morgan fingerprint density at radius 2 is 2.04 bits per heavy atom. The van der Waals surface area contributed by atoms with Crippen LogP contribution in [0.1, 0.15) is 75.2 Å². The maximum absolute atomic E-state index is 13.0. The molecule has 2 fully saturated rings. The monoisotopic (exact) mass is 328 g/mol. The van der Waals surface area contributed by atoms with Crippen molar-refractivity contribution in [2.45, 2.75) is 63.9 Å². The average Bonchev–Trinajstić information content (AvgIpc) is 2.89. The van der Waals surface area contributed by atoms with Gasteiger partial charge in [-0.1, -0.05) is 27.2 Å². The molecule has 4 heteroatoms. The molecule has 6 rings (SSSR count). The Kier molecular flexibility index (Phi) is 2.60. The number of ether oxygens (including phenoxy) is 2. The number of esters is 1. The molecule has 5 aliphatic rings. The van der Waals surface area contributed by atoms with Gasteiger partial charge in [-0.15, -0.1) is 0 Å². The van der Waals surface area contributed by atoms with Crippen molar-refractivity contribution in [3.8, 4) is 11.5 Å². The molecule has 0 radical (unpaired) electrons. The van der Waals surface area contributed by atoms with Crippen molar-refractivity contribution < 1.29 is 19.4 Å². The Bertz CT molecular complexity index is 765. The Morgan fingerprint density at radius 1 is 1.25 bits per heavy atom. The third-order valence-corrected chi connectivity index (χ3v) is 7.11. The topological polar surface area (TPSA) is 55.8 Å². The summed E-state index contributed by atoms with van der Waals surface area (Å²) >= 11 is 0. The molecule has 4 unspecified atom stereocenters. The molecule has 3 aliphatic heterocycles. The van der Waals surface area contributed by atoms with E-state index in [1.54, 1.807) is 0 Å². The molecule has 0 aromatic heterocycles. The van der Waals surface area contributed by atoms with E-state index >= 15 is 0 Å². The van der Waals surface area contributed by atoms with Crippen molar-refractivity contribution in [1.82, 2.24) is 0 Å². The normalized spacial score (nSPS) is 38.0. The Morgan fingerprint density at radius 3 is 2.83 bits per heavy atom. The molecular formula is C20H24O4. The average molecular weight is 328 g/mol. The number of carbonyl (C=O) groups excluding carboxylic acids is 1. The van der Waals surface area contributed by atoms with Gasteiger partial charge in [0.15, 0.2) is 11.5 Å². The van der Waals surface area contributed by atoms with Crippen molar-refractivity contribution >= 4 is 5.97 Å². The molecule has 3 heterocycles. The fraction of sp³-hybridized carbons (Fsp3) is 0.650. The maximum Gasteiger partial charge on any atom is 0.317 e. The van der Waals surface area contributed by atoms with E-state index in [9.17, 15) is 9.90 Å². The van der Waals surface area contributed by atoms with Crippen LogP contribution < -0.4 is 4.74 Å². The largest absolute Gasteiger partial charge is 0.504 e. The molecule has 2 bridgehead atoms. The molecule has 4 nitrogen and oxygen atoms in total. The van der Waals surface area contributed by atoms with Crippen molar-refractivity contribution in [2.75, 3.05) is 6.61 Å². The van der Waals surface area contributed by atoms with Crippen LogP contribution >= 0.6 is 0 Å². The summed E-state index contributed by atoms with van der Waals surface area (Å²) in [4.78, 5) is 13.0. The predicted octanol–water partition coefficient (Wildman–Crippen LogP) is 3.95. The second-order valence-electron chi connectivity index (χ2n) is 8.82. The fourth-order valence-electron chi connectivity index (χ4n) is 5.92. The second kappa shape index (κ2) is 4.27. The highest BCUT2D eigenvalue weighted by Crippen LogP contribution is 2.66. The van der Waals surface area contributed by atoms with E-state index in [-0.39, 0.29) is 35.1 Å². The number of phenols is 1. The zero-order valence-electron chi connectivity index (χ0n) is 14.5. The van der Waals surface area contributed by atoms with E-state index < -0.39 is 5.41 Å². The Labute approximate surface area is 142 Å². The molecule has 128 valence electrons. The lowest BCUT2D eigenvalue weighted by Gasteiger charge is -2.58. The lowest BCUT2D eigenvalue weighted by Crippen LogP contribution is -2.59. The molecule has 1 spiro atoms. The van der Waals surface area contributed by atoms with Crippen LogP contribution in [-0.2, 0) is 14.9 Å². The standard InChI is InChI=1S/C20H24O4/c1-10-9-23-17-11(10)7-12-13-8-14-19(2,3)5-4-6-20(14,18(22)24-13)15(12)16(17)21/h7,10,13-14,21H,4-6,8-9H2,1-3H3. The number of benzene rings is 1. The molecule has 4 atom stereocenters. The van der Waals surface area contributed by atoms with Gasteiger partial charge < -0.3 is 14.6 Å². The van der Waals surface area contributed by atoms with Crippen LogP contribution in [0.4, 0.5) is 0 Å². The molecule has 2 aliphatic carbocycles. The summed E-state index contributed by atoms with van der Waals surface area (Å²) in [6.45, 7) is 7.22. The number of carbonyl (C=O) groups is 1. The first-order valence-corrected chi connectivity index (χ1v) is 9.10. The summed E-state index contributed by atoms with van der Waals surface area (Å²) in [6, 6.07) is 2.14. The number of aromatic hydroxyl groups is 1. The summed E-state index contributed by atoms with van der Waals surface area (Å²) in [6.07, 6.45) is 3.52. The zero-order chi connectivity index (χ0) is 16.9. The van der Waals surface area contributed by atoms with E-state index in [1.807, 2.05) is 0 Å². The van der Waals surface area contributed by atoms with Crippen LogP contribution in [0.25, 0.3) is 0 Å². The van der Waals surface area contributed by atoms with Gasteiger partial charge in [-0.05, 0) is 36.7 Å². The van der Waals surface area contributed by atoms with E-state index in [0.29, 0.717) is 12.4 Å². The van der Waals surface area contributed by atoms with Gasteiger partial charge in [-0.25, -0.2) is 0 Å². The smallest absolute Gasteiger partial charge is 0.317 e. The van der Waals surface area contributed by atoms with E-state index in [4.69, 9.17) is 9.47 Å². The summed E-state index contributed by atoms with van der Waals surface area (Å²) in [5.74, 6) is 1.16. The minimum Gasteiger partial charge on any atom is -0.504 e. The Hall–Kier alpha value is -1.71. The summed E-state index contributed by atoms with van der Waals surface area (Å²) in [7, 11) is 0. The maximum atomic E-state index is 13.0. The van der Waals surface area contributed by atoms with Crippen LogP contribution in [0.3, 0.4) is 0 Å². The summed E-state index contributed by atoms with van der Waals surface area (Å²) in [5.41, 5.74) is 2.28. The van der Waals surface area contributed by atoms with Gasteiger partial charge in [0.1, 0.15) is 11.5 Å². The van der Waals surface area contributed by atoms with Gasteiger partial charge in [0.2, 0.25) is 0 Å². The number of hydrogen-bond donors (Lipinski definition) is 1. The predicted molar refractivity (Wildman–Crippen MR) is 88.3 cm³/mol. The van der Waals surface area contributed by atoms with Gasteiger partial charge >= 0.3 is 5.97 Å². The summed E-state index contributed by atoms with van der Waals surface area (Å²) in [5, 5.41) is 11.1. The highest BCUT2D eigenvalue weighted by atomic mass is 16.5. The van der Waals surface area contributed by atoms with Gasteiger partial charge in [0, 0.05) is 22.6 Å². The molecule has 1 N–H and O–H groups in total. The number of fused-ring (bicyclic) bond motifs is 2. The van der Waals surface area contributed by atoms with Gasteiger partial charge in [0.25, 0.3) is 0 Å². The third-order valence-electron chi connectivity index (χ3n) is 7.11. The minimum absolute atomic E-state index is 0.0766.